The Morgan fingerprint density at radius 1 is 1.40 bits per heavy atom. The van der Waals surface area contributed by atoms with Gasteiger partial charge in [-0.25, -0.2) is 0 Å². The van der Waals surface area contributed by atoms with Crippen molar-refractivity contribution >= 4 is 21.6 Å². The van der Waals surface area contributed by atoms with Crippen LogP contribution in [0.4, 0.5) is 5.69 Å². The van der Waals surface area contributed by atoms with E-state index in [-0.39, 0.29) is 5.54 Å². The van der Waals surface area contributed by atoms with E-state index in [4.69, 9.17) is 0 Å². The first-order valence-corrected chi connectivity index (χ1v) is 5.72. The summed E-state index contributed by atoms with van der Waals surface area (Å²) in [4.78, 5) is 6.29. The van der Waals surface area contributed by atoms with E-state index < -0.39 is 0 Å². The van der Waals surface area contributed by atoms with E-state index in [0.717, 1.165) is 16.7 Å². The number of aromatic nitrogens is 1. The molecule has 1 N–H and O–H groups in total. The number of likely N-dealkylation sites (N-methyl/N-ethyl adjacent to an activating group) is 1. The number of halogens is 1. The quantitative estimate of drug-likeness (QED) is 0.913. The molecule has 0 unspecified atom stereocenters. The fourth-order valence-electron chi connectivity index (χ4n) is 1.70. The maximum Gasteiger partial charge on any atom is 0.0542 e. The largest absolute Gasteiger partial charge is 0.378 e. The van der Waals surface area contributed by atoms with Crippen LogP contribution in [0.3, 0.4) is 0 Å². The van der Waals surface area contributed by atoms with Crippen LogP contribution in [0.5, 0.6) is 0 Å². The highest BCUT2D eigenvalue weighted by atomic mass is 79.9. The van der Waals surface area contributed by atoms with Crippen molar-refractivity contribution in [3.05, 3.63) is 22.9 Å². The molecule has 3 nitrogen and oxygen atoms in total. The highest BCUT2D eigenvalue weighted by Crippen LogP contribution is 2.18. The summed E-state index contributed by atoms with van der Waals surface area (Å²) in [6.45, 7) is 5.32. The molecule has 0 amide bonds. The van der Waals surface area contributed by atoms with Crippen LogP contribution in [-0.2, 0) is 0 Å². The van der Waals surface area contributed by atoms with Gasteiger partial charge in [-0.2, -0.15) is 0 Å². The molecule has 0 radical (unpaired) electrons. The fraction of sp³-hybridized carbons (Fsp3) is 0.545. The van der Waals surface area contributed by atoms with Gasteiger partial charge in [0.15, 0.2) is 0 Å². The molecule has 4 heteroatoms. The topological polar surface area (TPSA) is 28.2 Å². The lowest BCUT2D eigenvalue weighted by atomic mass is 10.1. The molecule has 0 spiro atoms. The van der Waals surface area contributed by atoms with Crippen LogP contribution in [0.2, 0.25) is 0 Å². The molecule has 0 atom stereocenters. The molecule has 1 rings (SSSR count). The zero-order chi connectivity index (χ0) is 11.5. The van der Waals surface area contributed by atoms with Gasteiger partial charge in [-0.05, 0) is 49.9 Å². The summed E-state index contributed by atoms with van der Waals surface area (Å²) in [5.74, 6) is 0. The summed E-state index contributed by atoms with van der Waals surface area (Å²) in [6, 6.07) is 2.03. The van der Waals surface area contributed by atoms with Gasteiger partial charge >= 0.3 is 0 Å². The number of nitrogens with one attached hydrogen (secondary N) is 1. The van der Waals surface area contributed by atoms with Crippen LogP contribution in [0, 0.1) is 0 Å². The second kappa shape index (κ2) is 4.94. The molecule has 0 bridgehead atoms. The van der Waals surface area contributed by atoms with Crippen molar-refractivity contribution in [2.45, 2.75) is 19.4 Å². The predicted octanol–water partition coefficient (Wildman–Crippen LogP) is 2.60. The third-order valence-corrected chi connectivity index (χ3v) is 2.33. The first-order chi connectivity index (χ1) is 6.89. The molecule has 1 aromatic heterocycles. The number of anilines is 1. The number of rotatable bonds is 4. The van der Waals surface area contributed by atoms with Gasteiger partial charge in [0.1, 0.15) is 0 Å². The Kier molecular flexibility index (Phi) is 4.11. The lowest BCUT2D eigenvalue weighted by molar-refractivity contribution is 0.334. The zero-order valence-corrected chi connectivity index (χ0v) is 11.3. The fourth-order valence-corrected chi connectivity index (χ4v) is 2.07. The average molecular weight is 272 g/mol. The molecule has 0 fully saturated rings. The van der Waals surface area contributed by atoms with Gasteiger partial charge in [-0.3, -0.25) is 4.98 Å². The van der Waals surface area contributed by atoms with Crippen molar-refractivity contribution in [2.75, 3.05) is 26.0 Å². The second-order valence-corrected chi connectivity index (χ2v) is 5.55. The second-order valence-electron chi connectivity index (χ2n) is 4.64. The van der Waals surface area contributed by atoms with Crippen molar-refractivity contribution in [3.63, 3.8) is 0 Å². The Labute approximate surface area is 100 Å². The molecule has 0 saturated heterocycles. The summed E-state index contributed by atoms with van der Waals surface area (Å²) < 4.78 is 0.994. The normalized spacial score (nSPS) is 11.9. The van der Waals surface area contributed by atoms with E-state index in [0.29, 0.717) is 0 Å². The minimum absolute atomic E-state index is 0.0337. The molecule has 0 aliphatic carbocycles. The van der Waals surface area contributed by atoms with Crippen molar-refractivity contribution < 1.29 is 0 Å². The molecule has 1 aromatic rings. The van der Waals surface area contributed by atoms with E-state index in [1.807, 2.05) is 12.3 Å². The summed E-state index contributed by atoms with van der Waals surface area (Å²) in [5, 5.41) is 3.46. The van der Waals surface area contributed by atoms with Crippen LogP contribution >= 0.6 is 15.9 Å². The lowest BCUT2D eigenvalue weighted by Crippen LogP contribution is -2.41. The van der Waals surface area contributed by atoms with E-state index in [9.17, 15) is 0 Å². The lowest BCUT2D eigenvalue weighted by Gasteiger charge is -2.30. The van der Waals surface area contributed by atoms with E-state index in [1.54, 1.807) is 6.20 Å². The summed E-state index contributed by atoms with van der Waals surface area (Å²) in [7, 11) is 4.14. The maximum absolute atomic E-state index is 4.12. The highest BCUT2D eigenvalue weighted by Gasteiger charge is 2.18. The summed E-state index contributed by atoms with van der Waals surface area (Å²) in [6.07, 6.45) is 3.62. The third kappa shape index (κ3) is 4.62. The minimum Gasteiger partial charge on any atom is -0.378 e. The first kappa shape index (κ1) is 12.5. The van der Waals surface area contributed by atoms with Crippen LogP contribution in [0.25, 0.3) is 0 Å². The standard InChI is InChI=1S/C11H18BrN3/c1-11(2,8-15(3)4)14-10-5-9(12)6-13-7-10/h5-7,14H,8H2,1-4H3. The molecule has 0 saturated carbocycles. The SMILES string of the molecule is CN(C)CC(C)(C)Nc1cncc(Br)c1. The van der Waals surface area contributed by atoms with Gasteiger partial charge in [0.2, 0.25) is 0 Å². The number of nitrogens with zero attached hydrogens (tertiary/aromatic N) is 2. The Morgan fingerprint density at radius 3 is 2.60 bits per heavy atom. The number of hydrogen-bond donors (Lipinski definition) is 1. The van der Waals surface area contributed by atoms with E-state index >= 15 is 0 Å². The molecular weight excluding hydrogens is 254 g/mol. The molecule has 84 valence electrons. The minimum atomic E-state index is 0.0337. The molecule has 1 heterocycles. The molecule has 15 heavy (non-hydrogen) atoms. The summed E-state index contributed by atoms with van der Waals surface area (Å²) >= 11 is 3.41. The number of hydrogen-bond acceptors (Lipinski definition) is 3. The Morgan fingerprint density at radius 2 is 2.07 bits per heavy atom. The molecule has 0 aliphatic heterocycles. The van der Waals surface area contributed by atoms with E-state index in [1.165, 1.54) is 0 Å². The average Bonchev–Trinajstić information content (AvgIpc) is 1.99. The van der Waals surface area contributed by atoms with Gasteiger partial charge in [0, 0.05) is 22.8 Å². The summed E-state index contributed by atoms with van der Waals surface area (Å²) in [5.41, 5.74) is 1.07. The highest BCUT2D eigenvalue weighted by molar-refractivity contribution is 9.10. The van der Waals surface area contributed by atoms with Crippen LogP contribution in [0.15, 0.2) is 22.9 Å². The molecule has 0 aromatic carbocycles. The van der Waals surface area contributed by atoms with Crippen LogP contribution < -0.4 is 5.32 Å². The third-order valence-electron chi connectivity index (χ3n) is 1.90. The molecule has 0 aliphatic rings. The van der Waals surface area contributed by atoms with Gasteiger partial charge in [0.25, 0.3) is 0 Å². The van der Waals surface area contributed by atoms with Gasteiger partial charge in [-0.1, -0.05) is 0 Å². The van der Waals surface area contributed by atoms with E-state index in [2.05, 4.69) is 59.1 Å². The predicted molar refractivity (Wildman–Crippen MR) is 68.2 cm³/mol. The maximum atomic E-state index is 4.12. The Bertz CT molecular complexity index is 323. The van der Waals surface area contributed by atoms with Crippen LogP contribution in [-0.4, -0.2) is 36.1 Å². The van der Waals surface area contributed by atoms with Gasteiger partial charge < -0.3 is 10.2 Å². The van der Waals surface area contributed by atoms with Crippen molar-refractivity contribution in [3.8, 4) is 0 Å². The number of pyridine rings is 1. The Balaban J connectivity index is 2.68. The van der Waals surface area contributed by atoms with Crippen LogP contribution in [0.1, 0.15) is 13.8 Å². The van der Waals surface area contributed by atoms with Crippen molar-refractivity contribution in [1.82, 2.24) is 9.88 Å². The van der Waals surface area contributed by atoms with Gasteiger partial charge in [0.05, 0.1) is 11.9 Å². The van der Waals surface area contributed by atoms with Crippen molar-refractivity contribution in [1.29, 1.82) is 0 Å². The molecular formula is C11H18BrN3. The van der Waals surface area contributed by atoms with Gasteiger partial charge in [-0.15, -0.1) is 0 Å². The van der Waals surface area contributed by atoms with Crippen molar-refractivity contribution in [2.24, 2.45) is 0 Å². The monoisotopic (exact) mass is 271 g/mol. The zero-order valence-electron chi connectivity index (χ0n) is 9.71. The smallest absolute Gasteiger partial charge is 0.0542 e. The Hall–Kier alpha value is -0.610. The first-order valence-electron chi connectivity index (χ1n) is 4.92.